The Kier molecular flexibility index (Phi) is 4.03. The van der Waals surface area contributed by atoms with Gasteiger partial charge in [-0.05, 0) is 0 Å². The fourth-order valence-corrected chi connectivity index (χ4v) is 2.03. The molecular weight excluding hydrogens is 248 g/mol. The smallest absolute Gasteiger partial charge is 0.317 e. The number of carboxylic acid groups (broad SMARTS) is 1. The van der Waals surface area contributed by atoms with Gasteiger partial charge in [-0.15, -0.1) is 0 Å². The Bertz CT molecular complexity index is 440. The van der Waals surface area contributed by atoms with Gasteiger partial charge in [0.05, 0.1) is 5.92 Å². The van der Waals surface area contributed by atoms with E-state index in [4.69, 9.17) is 5.11 Å². The molecule has 1 aromatic heterocycles. The Balaban J connectivity index is 1.65. The Morgan fingerprint density at radius 1 is 1.63 bits per heavy atom. The van der Waals surface area contributed by atoms with E-state index in [1.807, 2.05) is 0 Å². The predicted molar refractivity (Wildman–Crippen MR) is 67.6 cm³/mol. The van der Waals surface area contributed by atoms with Crippen LogP contribution in [0.15, 0.2) is 12.4 Å². The van der Waals surface area contributed by atoms with Crippen LogP contribution in [0.4, 0.5) is 4.79 Å². The summed E-state index contributed by atoms with van der Waals surface area (Å²) in [5.74, 6) is -0.301. The third kappa shape index (κ3) is 3.24. The van der Waals surface area contributed by atoms with Crippen LogP contribution in [0.2, 0.25) is 0 Å². The van der Waals surface area contributed by atoms with Gasteiger partial charge in [-0.3, -0.25) is 4.79 Å². The maximum absolute atomic E-state index is 11.7. The van der Waals surface area contributed by atoms with Crippen molar-refractivity contribution in [3.63, 3.8) is 0 Å². The molecular formula is C12H18N4O3. The van der Waals surface area contributed by atoms with Gasteiger partial charge >= 0.3 is 12.0 Å². The van der Waals surface area contributed by atoms with Crippen molar-refractivity contribution in [3.05, 3.63) is 18.2 Å². The van der Waals surface area contributed by atoms with Gasteiger partial charge in [-0.1, -0.05) is 6.92 Å². The number of carboxylic acids is 1. The molecule has 3 N–H and O–H groups in total. The zero-order valence-corrected chi connectivity index (χ0v) is 10.8. The van der Waals surface area contributed by atoms with Crippen molar-refractivity contribution in [2.24, 2.45) is 11.8 Å². The molecule has 1 aliphatic heterocycles. The molecule has 1 atom stereocenters. The van der Waals surface area contributed by atoms with Gasteiger partial charge in [-0.25, -0.2) is 9.78 Å². The van der Waals surface area contributed by atoms with Gasteiger partial charge < -0.3 is 20.3 Å². The topological polar surface area (TPSA) is 98.3 Å². The summed E-state index contributed by atoms with van der Waals surface area (Å²) in [6, 6.07) is -0.139. The number of hydrogen-bond acceptors (Lipinski definition) is 3. The number of carbonyl (C=O) groups is 2. The van der Waals surface area contributed by atoms with Crippen LogP contribution in [0.25, 0.3) is 0 Å². The number of aromatic nitrogens is 2. The Morgan fingerprint density at radius 2 is 2.37 bits per heavy atom. The van der Waals surface area contributed by atoms with E-state index >= 15 is 0 Å². The minimum Gasteiger partial charge on any atom is -0.481 e. The molecule has 0 saturated carbocycles. The minimum atomic E-state index is -0.803. The molecule has 0 bridgehead atoms. The van der Waals surface area contributed by atoms with Crippen molar-refractivity contribution in [1.29, 1.82) is 0 Å². The molecule has 1 aromatic rings. The van der Waals surface area contributed by atoms with Crippen molar-refractivity contribution in [2.75, 3.05) is 19.6 Å². The minimum absolute atomic E-state index is 0.0633. The zero-order chi connectivity index (χ0) is 13.8. The maximum atomic E-state index is 11.7. The number of urea groups is 1. The van der Waals surface area contributed by atoms with E-state index in [0.29, 0.717) is 26.1 Å². The van der Waals surface area contributed by atoms with Crippen LogP contribution < -0.4 is 5.32 Å². The summed E-state index contributed by atoms with van der Waals surface area (Å²) < 4.78 is 0. The number of H-pyrrole nitrogens is 1. The monoisotopic (exact) mass is 266 g/mol. The van der Waals surface area contributed by atoms with Crippen LogP contribution in [0.3, 0.4) is 0 Å². The van der Waals surface area contributed by atoms with Crippen molar-refractivity contribution in [1.82, 2.24) is 20.2 Å². The van der Waals surface area contributed by atoms with Crippen molar-refractivity contribution >= 4 is 12.0 Å². The van der Waals surface area contributed by atoms with E-state index in [0.717, 1.165) is 5.82 Å². The molecule has 1 saturated heterocycles. The van der Waals surface area contributed by atoms with Crippen LogP contribution in [0.5, 0.6) is 0 Å². The normalized spacial score (nSPS) is 16.8. The van der Waals surface area contributed by atoms with Crippen molar-refractivity contribution in [2.45, 2.75) is 13.3 Å². The largest absolute Gasteiger partial charge is 0.481 e. The average Bonchev–Trinajstić information content (AvgIpc) is 2.79. The highest BCUT2D eigenvalue weighted by Gasteiger charge is 2.36. The number of amides is 2. The molecule has 1 unspecified atom stereocenters. The lowest BCUT2D eigenvalue weighted by atomic mass is 9.87. The van der Waals surface area contributed by atoms with Gasteiger partial charge in [0.25, 0.3) is 0 Å². The molecule has 0 aliphatic carbocycles. The lowest BCUT2D eigenvalue weighted by Gasteiger charge is -2.41. The maximum Gasteiger partial charge on any atom is 0.317 e. The van der Waals surface area contributed by atoms with E-state index in [1.165, 1.54) is 0 Å². The summed E-state index contributed by atoms with van der Waals surface area (Å²) in [5, 5.41) is 11.7. The van der Waals surface area contributed by atoms with Gasteiger partial charge in [0.15, 0.2) is 0 Å². The lowest BCUT2D eigenvalue weighted by molar-refractivity contribution is -0.144. The number of nitrogens with zero attached hydrogens (tertiary/aromatic N) is 2. The molecule has 1 aliphatic rings. The van der Waals surface area contributed by atoms with E-state index < -0.39 is 11.9 Å². The van der Waals surface area contributed by atoms with Crippen molar-refractivity contribution < 1.29 is 14.7 Å². The molecule has 0 aromatic carbocycles. The third-order valence-corrected chi connectivity index (χ3v) is 3.49. The van der Waals surface area contributed by atoms with Crippen LogP contribution in [0, 0.1) is 11.8 Å². The number of nitrogens with one attached hydrogen (secondary N) is 2. The number of imidazole rings is 1. The first-order valence-corrected chi connectivity index (χ1v) is 6.31. The Labute approximate surface area is 111 Å². The summed E-state index contributed by atoms with van der Waals surface area (Å²) >= 11 is 0. The summed E-state index contributed by atoms with van der Waals surface area (Å²) in [6.07, 6.45) is 4.07. The number of likely N-dealkylation sites (tertiary alicyclic amines) is 1. The molecule has 7 nitrogen and oxygen atoms in total. The summed E-state index contributed by atoms with van der Waals surface area (Å²) in [6.45, 7) is 3.22. The van der Waals surface area contributed by atoms with Crippen LogP contribution in [-0.2, 0) is 11.2 Å². The van der Waals surface area contributed by atoms with E-state index in [9.17, 15) is 9.59 Å². The number of hydrogen-bond donors (Lipinski definition) is 3. The van der Waals surface area contributed by atoms with Crippen LogP contribution >= 0.6 is 0 Å². The first-order valence-electron chi connectivity index (χ1n) is 6.31. The van der Waals surface area contributed by atoms with E-state index in [2.05, 4.69) is 15.3 Å². The first-order chi connectivity index (χ1) is 9.08. The molecule has 7 heteroatoms. The Hall–Kier alpha value is -2.05. The molecule has 1 fully saturated rings. The summed E-state index contributed by atoms with van der Waals surface area (Å²) in [5.41, 5.74) is 0. The second-order valence-corrected chi connectivity index (χ2v) is 4.81. The third-order valence-electron chi connectivity index (χ3n) is 3.49. The van der Waals surface area contributed by atoms with E-state index in [1.54, 1.807) is 24.2 Å². The second-order valence-electron chi connectivity index (χ2n) is 4.81. The zero-order valence-electron chi connectivity index (χ0n) is 10.8. The fourth-order valence-electron chi connectivity index (χ4n) is 2.03. The fraction of sp³-hybridized carbons (Fsp3) is 0.583. The number of aliphatic carboxylic acids is 1. The van der Waals surface area contributed by atoms with Gasteiger partial charge in [0.2, 0.25) is 0 Å². The Morgan fingerprint density at radius 3 is 2.95 bits per heavy atom. The second kappa shape index (κ2) is 5.73. The molecule has 0 radical (unpaired) electrons. The van der Waals surface area contributed by atoms with Gasteiger partial charge in [0.1, 0.15) is 5.82 Å². The lowest BCUT2D eigenvalue weighted by Crippen LogP contribution is -2.56. The van der Waals surface area contributed by atoms with Crippen molar-refractivity contribution in [3.8, 4) is 0 Å². The van der Waals surface area contributed by atoms with Crippen LogP contribution in [0.1, 0.15) is 12.7 Å². The summed E-state index contributed by atoms with van der Waals surface area (Å²) in [7, 11) is 0. The quantitative estimate of drug-likeness (QED) is 0.714. The molecule has 2 amide bonds. The average molecular weight is 266 g/mol. The highest BCUT2D eigenvalue weighted by molar-refractivity contribution is 5.76. The number of aromatic amines is 1. The highest BCUT2D eigenvalue weighted by Crippen LogP contribution is 2.23. The predicted octanol–water partition coefficient (Wildman–Crippen LogP) is 0.314. The summed E-state index contributed by atoms with van der Waals surface area (Å²) in [4.78, 5) is 31.2. The molecule has 104 valence electrons. The highest BCUT2D eigenvalue weighted by atomic mass is 16.4. The van der Waals surface area contributed by atoms with Gasteiger partial charge in [-0.2, -0.15) is 0 Å². The standard InChI is InChI=1S/C12H18N4O3/c1-8(11(17)18)9-6-16(7-9)12(19)15-3-2-10-13-4-5-14-10/h4-5,8-9H,2-3,6-7H2,1H3,(H,13,14)(H,15,19)(H,17,18). The molecule has 0 spiro atoms. The van der Waals surface area contributed by atoms with Gasteiger partial charge in [0, 0.05) is 44.4 Å². The SMILES string of the molecule is CC(C(=O)O)C1CN(C(=O)NCCc2ncc[nH]2)C1. The first kappa shape index (κ1) is 13.4. The molecule has 19 heavy (non-hydrogen) atoms. The number of rotatable bonds is 5. The van der Waals surface area contributed by atoms with Crippen LogP contribution in [-0.4, -0.2) is 51.6 Å². The molecule has 2 rings (SSSR count). The molecule has 2 heterocycles. The number of carbonyl (C=O) groups excluding carboxylic acids is 1. The van der Waals surface area contributed by atoms with E-state index in [-0.39, 0.29) is 11.9 Å².